The van der Waals surface area contributed by atoms with Crippen LogP contribution in [0.4, 0.5) is 0 Å². The lowest BCUT2D eigenvalue weighted by molar-refractivity contribution is -0.0379. The highest BCUT2D eigenvalue weighted by molar-refractivity contribution is 7.18. The van der Waals surface area contributed by atoms with Gasteiger partial charge in [-0.15, -0.1) is 36.2 Å². The molecule has 0 aliphatic carbocycles. The molecule has 4 rings (SSSR count). The molecule has 4 nitrogen and oxygen atoms in total. The van der Waals surface area contributed by atoms with Crippen LogP contribution in [-0.2, 0) is 30.7 Å². The number of aryl methyl sites for hydroxylation is 1. The number of nitrogens with one attached hydrogen (secondary N) is 1. The highest BCUT2D eigenvalue weighted by Gasteiger charge is 2.30. The van der Waals surface area contributed by atoms with Gasteiger partial charge in [-0.3, -0.25) is 5.41 Å². The number of rotatable bonds is 0. The van der Waals surface area contributed by atoms with E-state index in [1.165, 1.54) is 23.3 Å². The molecule has 2 aliphatic rings. The smallest absolute Gasteiger partial charge is 0.136 e. The largest absolute Gasteiger partial charge is 0.370 e. The van der Waals surface area contributed by atoms with Crippen LogP contribution in [0.3, 0.4) is 0 Å². The Hall–Kier alpha value is -0.620. The summed E-state index contributed by atoms with van der Waals surface area (Å²) in [6, 6.07) is 0. The van der Waals surface area contributed by atoms with E-state index in [9.17, 15) is 0 Å². The predicted molar refractivity (Wildman–Crippen MR) is 98.1 cm³/mol. The first-order valence-corrected chi connectivity index (χ1v) is 8.59. The first-order valence-electron chi connectivity index (χ1n) is 7.78. The fourth-order valence-electron chi connectivity index (χ4n) is 3.47. The van der Waals surface area contributed by atoms with Crippen LogP contribution < -0.4 is 5.49 Å². The van der Waals surface area contributed by atoms with Gasteiger partial charge in [0.2, 0.25) is 0 Å². The van der Waals surface area contributed by atoms with Crippen molar-refractivity contribution in [1.29, 1.82) is 5.41 Å². The summed E-state index contributed by atoms with van der Waals surface area (Å²) in [7, 11) is 0. The predicted octanol–water partition coefficient (Wildman–Crippen LogP) is 4.00. The Morgan fingerprint density at radius 2 is 2.00 bits per heavy atom. The normalized spacial score (nSPS) is 19.0. The van der Waals surface area contributed by atoms with Crippen molar-refractivity contribution in [2.24, 2.45) is 0 Å². The molecule has 128 valence electrons. The second kappa shape index (κ2) is 6.71. The van der Waals surface area contributed by atoms with Crippen LogP contribution in [-0.4, -0.2) is 15.2 Å². The molecule has 0 saturated heterocycles. The highest BCUT2D eigenvalue weighted by atomic mass is 35.5. The SMILES string of the molecule is CC1(C)Cc2c(sc3nc4n(c(=N)c23)CCCCC4)CO1.Cl.Cl. The van der Waals surface area contributed by atoms with Crippen molar-refractivity contribution >= 4 is 46.4 Å². The molecule has 4 heterocycles. The van der Waals surface area contributed by atoms with Crippen molar-refractivity contribution in [1.82, 2.24) is 9.55 Å². The lowest BCUT2D eigenvalue weighted by Crippen LogP contribution is -2.32. The highest BCUT2D eigenvalue weighted by Crippen LogP contribution is 2.37. The van der Waals surface area contributed by atoms with Gasteiger partial charge in [0.05, 0.1) is 17.6 Å². The maximum Gasteiger partial charge on any atom is 0.136 e. The Bertz CT molecular complexity index is 782. The lowest BCUT2D eigenvalue weighted by Gasteiger charge is -2.30. The third-order valence-corrected chi connectivity index (χ3v) is 5.70. The zero-order valence-corrected chi connectivity index (χ0v) is 15.9. The molecule has 7 heteroatoms. The Labute approximate surface area is 152 Å². The van der Waals surface area contributed by atoms with Gasteiger partial charge in [-0.05, 0) is 32.3 Å². The number of thiophene rings is 1. The summed E-state index contributed by atoms with van der Waals surface area (Å²) >= 11 is 1.72. The molecular formula is C16H23Cl2N3OS. The van der Waals surface area contributed by atoms with Gasteiger partial charge in [0.1, 0.15) is 16.1 Å². The molecule has 0 atom stereocenters. The second-order valence-electron chi connectivity index (χ2n) is 6.75. The molecule has 0 bridgehead atoms. The molecule has 0 spiro atoms. The second-order valence-corrected chi connectivity index (χ2v) is 7.83. The van der Waals surface area contributed by atoms with Crippen molar-refractivity contribution in [3.63, 3.8) is 0 Å². The summed E-state index contributed by atoms with van der Waals surface area (Å²) in [4.78, 5) is 7.21. The molecule has 2 aliphatic heterocycles. The molecule has 2 aromatic rings. The fourth-order valence-corrected chi connectivity index (χ4v) is 4.59. The van der Waals surface area contributed by atoms with E-state index in [4.69, 9.17) is 15.1 Å². The van der Waals surface area contributed by atoms with Crippen molar-refractivity contribution < 1.29 is 4.74 Å². The molecular weight excluding hydrogens is 353 g/mol. The summed E-state index contributed by atoms with van der Waals surface area (Å²) in [6.07, 6.45) is 5.49. The number of hydrogen-bond acceptors (Lipinski definition) is 4. The third kappa shape index (κ3) is 3.16. The number of hydrogen-bond donors (Lipinski definition) is 1. The minimum Gasteiger partial charge on any atom is -0.370 e. The summed E-state index contributed by atoms with van der Waals surface area (Å²) in [5, 5.41) is 9.77. The Morgan fingerprint density at radius 3 is 2.78 bits per heavy atom. The summed E-state index contributed by atoms with van der Waals surface area (Å²) < 4.78 is 8.06. The minimum atomic E-state index is -0.134. The van der Waals surface area contributed by atoms with Crippen molar-refractivity contribution in [3.05, 3.63) is 21.8 Å². The van der Waals surface area contributed by atoms with Crippen molar-refractivity contribution in [2.75, 3.05) is 0 Å². The van der Waals surface area contributed by atoms with E-state index in [-0.39, 0.29) is 30.4 Å². The number of halogens is 2. The minimum absolute atomic E-state index is 0. The molecule has 0 fully saturated rings. The van der Waals surface area contributed by atoms with E-state index in [1.54, 1.807) is 11.3 Å². The standard InChI is InChI=1S/C16H21N3OS.2ClH/c1-16(2)8-10-11(9-20-16)21-15-13(10)14(17)19-7-5-3-4-6-12(19)18-15;;/h17H,3-9H2,1-2H3;2*1H. The number of ether oxygens (including phenoxy) is 1. The molecule has 2 aromatic heterocycles. The maximum absolute atomic E-state index is 8.69. The van der Waals surface area contributed by atoms with E-state index in [0.717, 1.165) is 41.8 Å². The van der Waals surface area contributed by atoms with E-state index in [0.29, 0.717) is 12.1 Å². The monoisotopic (exact) mass is 375 g/mol. The quantitative estimate of drug-likeness (QED) is 0.756. The lowest BCUT2D eigenvalue weighted by atomic mass is 9.94. The van der Waals surface area contributed by atoms with Gasteiger partial charge in [0.15, 0.2) is 0 Å². The average molecular weight is 376 g/mol. The third-order valence-electron chi connectivity index (χ3n) is 4.60. The Balaban J connectivity index is 0.000000960. The molecule has 0 amide bonds. The molecule has 0 unspecified atom stereocenters. The van der Waals surface area contributed by atoms with Gasteiger partial charge in [0.25, 0.3) is 0 Å². The van der Waals surface area contributed by atoms with Gasteiger partial charge in [0, 0.05) is 24.3 Å². The zero-order chi connectivity index (χ0) is 14.6. The first kappa shape index (κ1) is 18.7. The van der Waals surface area contributed by atoms with Gasteiger partial charge in [-0.25, -0.2) is 4.98 Å². The molecule has 0 aromatic carbocycles. The zero-order valence-electron chi connectivity index (χ0n) is 13.5. The first-order chi connectivity index (χ1) is 10.1. The summed E-state index contributed by atoms with van der Waals surface area (Å²) in [6.45, 7) is 5.87. The summed E-state index contributed by atoms with van der Waals surface area (Å²) in [5.74, 6) is 1.10. The van der Waals surface area contributed by atoms with E-state index >= 15 is 0 Å². The van der Waals surface area contributed by atoms with Gasteiger partial charge in [-0.2, -0.15) is 0 Å². The molecule has 23 heavy (non-hydrogen) atoms. The van der Waals surface area contributed by atoms with Crippen LogP contribution in [0.15, 0.2) is 0 Å². The molecule has 1 N–H and O–H groups in total. The number of nitrogens with zero attached hydrogens (tertiary/aromatic N) is 2. The van der Waals surface area contributed by atoms with Crippen LogP contribution >= 0.6 is 36.2 Å². The Kier molecular flexibility index (Phi) is 5.46. The van der Waals surface area contributed by atoms with Crippen molar-refractivity contribution in [2.45, 2.75) is 64.7 Å². The van der Waals surface area contributed by atoms with Crippen LogP contribution in [0.2, 0.25) is 0 Å². The van der Waals surface area contributed by atoms with Crippen LogP contribution in [0, 0.1) is 5.41 Å². The number of fused-ring (bicyclic) bond motifs is 4. The van der Waals surface area contributed by atoms with Gasteiger partial charge in [-0.1, -0.05) is 6.42 Å². The molecule has 0 radical (unpaired) electrons. The van der Waals surface area contributed by atoms with E-state index in [1.807, 2.05) is 0 Å². The Morgan fingerprint density at radius 1 is 1.22 bits per heavy atom. The van der Waals surface area contributed by atoms with E-state index in [2.05, 4.69) is 18.4 Å². The average Bonchev–Trinajstić information content (AvgIpc) is 2.62. The van der Waals surface area contributed by atoms with Crippen LogP contribution in [0.5, 0.6) is 0 Å². The fraction of sp³-hybridized carbons (Fsp3) is 0.625. The summed E-state index contributed by atoms with van der Waals surface area (Å²) in [5.41, 5.74) is 1.85. The van der Waals surface area contributed by atoms with E-state index < -0.39 is 0 Å². The van der Waals surface area contributed by atoms with Gasteiger partial charge < -0.3 is 9.30 Å². The number of aromatic nitrogens is 2. The van der Waals surface area contributed by atoms with Crippen LogP contribution in [0.25, 0.3) is 10.2 Å². The van der Waals surface area contributed by atoms with Gasteiger partial charge >= 0.3 is 0 Å². The molecule has 0 saturated carbocycles. The maximum atomic E-state index is 8.69. The van der Waals surface area contributed by atoms with Crippen molar-refractivity contribution in [3.8, 4) is 0 Å². The van der Waals surface area contributed by atoms with Crippen LogP contribution in [0.1, 0.15) is 49.4 Å². The topological polar surface area (TPSA) is 50.9 Å².